The molecule has 98 valence electrons. The predicted octanol–water partition coefficient (Wildman–Crippen LogP) is 1.32. The molecular weight excluding hydrogens is 224 g/mol. The molecule has 0 bridgehead atoms. The molecular formula is C14H22N4. The lowest BCUT2D eigenvalue weighted by atomic mass is 10.1. The molecule has 1 aromatic carbocycles. The van der Waals surface area contributed by atoms with E-state index in [9.17, 15) is 0 Å². The first-order chi connectivity index (χ1) is 8.76. The predicted molar refractivity (Wildman–Crippen MR) is 77.2 cm³/mol. The topological polar surface area (TPSA) is 44.9 Å². The number of nitrogens with zero attached hydrogens (tertiary/aromatic N) is 3. The van der Waals surface area contributed by atoms with Crippen LogP contribution in [-0.4, -0.2) is 44.1 Å². The highest BCUT2D eigenvalue weighted by Crippen LogP contribution is 2.22. The van der Waals surface area contributed by atoms with Gasteiger partial charge in [0.05, 0.1) is 0 Å². The van der Waals surface area contributed by atoms with Gasteiger partial charge in [-0.05, 0) is 18.1 Å². The van der Waals surface area contributed by atoms with E-state index in [1.807, 2.05) is 0 Å². The van der Waals surface area contributed by atoms with E-state index in [1.165, 1.54) is 11.3 Å². The van der Waals surface area contributed by atoms with Gasteiger partial charge in [-0.3, -0.25) is 4.99 Å². The fourth-order valence-electron chi connectivity index (χ4n) is 2.44. The molecule has 0 saturated carbocycles. The summed E-state index contributed by atoms with van der Waals surface area (Å²) in [6, 6.07) is 8.65. The van der Waals surface area contributed by atoms with Gasteiger partial charge < -0.3 is 15.5 Å². The number of aliphatic imine (C=N–C) groups is 1. The fraction of sp³-hybridized carbons (Fsp3) is 0.500. The monoisotopic (exact) mass is 246 g/mol. The highest BCUT2D eigenvalue weighted by atomic mass is 15.3. The minimum absolute atomic E-state index is 0.651. The Bertz CT molecular complexity index is 420. The summed E-state index contributed by atoms with van der Waals surface area (Å²) in [6.07, 6.45) is 1.08. The molecule has 0 spiro atoms. The van der Waals surface area contributed by atoms with Crippen LogP contribution in [0.4, 0.5) is 5.69 Å². The Morgan fingerprint density at radius 2 is 1.89 bits per heavy atom. The minimum Gasteiger partial charge on any atom is -0.370 e. The van der Waals surface area contributed by atoms with Crippen molar-refractivity contribution in [3.63, 3.8) is 0 Å². The van der Waals surface area contributed by atoms with Crippen LogP contribution >= 0.6 is 0 Å². The molecule has 0 aromatic heterocycles. The van der Waals surface area contributed by atoms with Crippen molar-refractivity contribution < 1.29 is 0 Å². The van der Waals surface area contributed by atoms with E-state index in [4.69, 9.17) is 5.73 Å². The third kappa shape index (κ3) is 2.58. The van der Waals surface area contributed by atoms with Crippen molar-refractivity contribution in [3.8, 4) is 0 Å². The first-order valence-corrected chi connectivity index (χ1v) is 6.56. The van der Waals surface area contributed by atoms with Crippen LogP contribution in [0.5, 0.6) is 0 Å². The molecule has 4 nitrogen and oxygen atoms in total. The molecule has 0 amide bonds. The summed E-state index contributed by atoms with van der Waals surface area (Å²) in [5.41, 5.74) is 8.63. The Morgan fingerprint density at radius 3 is 2.50 bits per heavy atom. The van der Waals surface area contributed by atoms with Gasteiger partial charge in [-0.15, -0.1) is 0 Å². The van der Waals surface area contributed by atoms with Crippen LogP contribution in [0, 0.1) is 0 Å². The maximum atomic E-state index is 5.85. The van der Waals surface area contributed by atoms with Gasteiger partial charge in [0.2, 0.25) is 0 Å². The van der Waals surface area contributed by atoms with Crippen LogP contribution in [0.25, 0.3) is 0 Å². The standard InChI is InChI=1S/C14H22N4/c1-3-12-6-4-5-7-13(12)17-8-10-18(11-9-17)14(15)16-2/h4-7H,3,8-11H2,1-2H3,(H2,15,16). The summed E-state index contributed by atoms with van der Waals surface area (Å²) in [6.45, 7) is 6.11. The number of anilines is 1. The normalized spacial score (nSPS) is 17.1. The highest BCUT2D eigenvalue weighted by molar-refractivity contribution is 5.78. The number of para-hydroxylation sites is 1. The van der Waals surface area contributed by atoms with Gasteiger partial charge in [-0.1, -0.05) is 25.1 Å². The molecule has 2 N–H and O–H groups in total. The smallest absolute Gasteiger partial charge is 0.191 e. The van der Waals surface area contributed by atoms with Gasteiger partial charge in [-0.25, -0.2) is 0 Å². The molecule has 0 atom stereocenters. The maximum Gasteiger partial charge on any atom is 0.191 e. The Morgan fingerprint density at radius 1 is 1.22 bits per heavy atom. The number of benzene rings is 1. The Hall–Kier alpha value is -1.71. The molecule has 1 aromatic rings. The van der Waals surface area contributed by atoms with E-state index in [0.717, 1.165) is 32.6 Å². The number of aryl methyl sites for hydroxylation is 1. The number of guanidine groups is 1. The number of nitrogens with two attached hydrogens (primary N) is 1. The summed E-state index contributed by atoms with van der Waals surface area (Å²) < 4.78 is 0. The number of piperazine rings is 1. The summed E-state index contributed by atoms with van der Waals surface area (Å²) in [7, 11) is 1.74. The molecule has 1 fully saturated rings. The van der Waals surface area contributed by atoms with Crippen LogP contribution in [-0.2, 0) is 6.42 Å². The van der Waals surface area contributed by atoms with Gasteiger partial charge in [0, 0.05) is 38.9 Å². The van der Waals surface area contributed by atoms with Gasteiger partial charge in [0.15, 0.2) is 5.96 Å². The molecule has 0 unspecified atom stereocenters. The number of rotatable bonds is 2. The lowest BCUT2D eigenvalue weighted by molar-refractivity contribution is 0.381. The fourth-order valence-corrected chi connectivity index (χ4v) is 2.44. The van der Waals surface area contributed by atoms with Crippen LogP contribution in [0.2, 0.25) is 0 Å². The maximum absolute atomic E-state index is 5.85. The summed E-state index contributed by atoms with van der Waals surface area (Å²) in [4.78, 5) is 8.63. The van der Waals surface area contributed by atoms with E-state index >= 15 is 0 Å². The largest absolute Gasteiger partial charge is 0.370 e. The van der Waals surface area contributed by atoms with Crippen molar-refractivity contribution in [2.24, 2.45) is 10.7 Å². The van der Waals surface area contributed by atoms with Gasteiger partial charge in [0.1, 0.15) is 0 Å². The summed E-state index contributed by atoms with van der Waals surface area (Å²) in [5.74, 6) is 0.651. The third-order valence-electron chi connectivity index (χ3n) is 3.55. The summed E-state index contributed by atoms with van der Waals surface area (Å²) in [5, 5.41) is 0. The zero-order valence-corrected chi connectivity index (χ0v) is 11.3. The second kappa shape index (κ2) is 5.76. The quantitative estimate of drug-likeness (QED) is 0.632. The first kappa shape index (κ1) is 12.7. The van der Waals surface area contributed by atoms with E-state index in [-0.39, 0.29) is 0 Å². The third-order valence-corrected chi connectivity index (χ3v) is 3.55. The summed E-state index contributed by atoms with van der Waals surface area (Å²) >= 11 is 0. The second-order valence-electron chi connectivity index (χ2n) is 4.54. The Balaban J connectivity index is 2.05. The molecule has 18 heavy (non-hydrogen) atoms. The van der Waals surface area contributed by atoms with Crippen molar-refractivity contribution >= 4 is 11.6 Å². The zero-order chi connectivity index (χ0) is 13.0. The van der Waals surface area contributed by atoms with Gasteiger partial charge in [-0.2, -0.15) is 0 Å². The van der Waals surface area contributed by atoms with Crippen molar-refractivity contribution in [2.75, 3.05) is 38.1 Å². The van der Waals surface area contributed by atoms with Crippen molar-refractivity contribution in [2.45, 2.75) is 13.3 Å². The van der Waals surface area contributed by atoms with Crippen molar-refractivity contribution in [3.05, 3.63) is 29.8 Å². The minimum atomic E-state index is 0.651. The average molecular weight is 246 g/mol. The van der Waals surface area contributed by atoms with Crippen LogP contribution in [0.1, 0.15) is 12.5 Å². The molecule has 0 aliphatic carbocycles. The van der Waals surface area contributed by atoms with Crippen molar-refractivity contribution in [1.29, 1.82) is 0 Å². The zero-order valence-electron chi connectivity index (χ0n) is 11.3. The van der Waals surface area contributed by atoms with E-state index in [2.05, 4.69) is 46.0 Å². The molecule has 0 radical (unpaired) electrons. The Labute approximate surface area is 109 Å². The van der Waals surface area contributed by atoms with Gasteiger partial charge in [0.25, 0.3) is 0 Å². The van der Waals surface area contributed by atoms with Crippen LogP contribution in [0.3, 0.4) is 0 Å². The van der Waals surface area contributed by atoms with Gasteiger partial charge >= 0.3 is 0 Å². The lowest BCUT2D eigenvalue weighted by Gasteiger charge is -2.37. The molecule has 1 heterocycles. The Kier molecular flexibility index (Phi) is 4.07. The molecule has 1 aliphatic heterocycles. The van der Waals surface area contributed by atoms with E-state index in [1.54, 1.807) is 7.05 Å². The van der Waals surface area contributed by atoms with Crippen molar-refractivity contribution in [1.82, 2.24) is 4.90 Å². The number of hydrogen-bond donors (Lipinski definition) is 1. The lowest BCUT2D eigenvalue weighted by Crippen LogP contribution is -2.51. The van der Waals surface area contributed by atoms with E-state index < -0.39 is 0 Å². The van der Waals surface area contributed by atoms with E-state index in [0.29, 0.717) is 5.96 Å². The SMILES string of the molecule is CCc1ccccc1N1CCN(C(N)=NC)CC1. The van der Waals surface area contributed by atoms with Crippen LogP contribution < -0.4 is 10.6 Å². The second-order valence-corrected chi connectivity index (χ2v) is 4.54. The average Bonchev–Trinajstić information content (AvgIpc) is 2.46. The molecule has 1 saturated heterocycles. The first-order valence-electron chi connectivity index (χ1n) is 6.56. The molecule has 2 rings (SSSR count). The highest BCUT2D eigenvalue weighted by Gasteiger charge is 2.19. The number of hydrogen-bond acceptors (Lipinski definition) is 2. The van der Waals surface area contributed by atoms with Crippen LogP contribution in [0.15, 0.2) is 29.3 Å². The molecule has 4 heteroatoms. The molecule has 1 aliphatic rings.